The lowest BCUT2D eigenvalue weighted by Crippen LogP contribution is -2.40. The first-order valence-electron chi connectivity index (χ1n) is 8.91. The van der Waals surface area contributed by atoms with Crippen LogP contribution in [-0.2, 0) is 19.6 Å². The van der Waals surface area contributed by atoms with Gasteiger partial charge in [-0.25, -0.2) is 8.42 Å². The largest absolute Gasteiger partial charge is 0.495 e. The Kier molecular flexibility index (Phi) is 6.92. The lowest BCUT2D eigenvalue weighted by Gasteiger charge is -2.26. The first kappa shape index (κ1) is 21.3. The third-order valence-electron chi connectivity index (χ3n) is 4.29. The molecule has 29 heavy (non-hydrogen) atoms. The maximum Gasteiger partial charge on any atom is 0.248 e. The maximum atomic E-state index is 13.0. The Morgan fingerprint density at radius 1 is 1.21 bits per heavy atom. The van der Waals surface area contributed by atoms with Gasteiger partial charge in [0.25, 0.3) is 0 Å². The fraction of sp³-hybridized carbons (Fsp3) is 0.250. The smallest absolute Gasteiger partial charge is 0.248 e. The Hall–Kier alpha value is -2.39. The van der Waals surface area contributed by atoms with E-state index in [0.29, 0.717) is 23.9 Å². The lowest BCUT2D eigenvalue weighted by atomic mass is 10.2. The summed E-state index contributed by atoms with van der Waals surface area (Å²) in [5.74, 6) is -0.186. The molecule has 1 aliphatic heterocycles. The molecule has 0 spiro atoms. The molecule has 1 saturated heterocycles. The molecule has 0 bridgehead atoms. The number of ether oxygens (including phenoxy) is 2. The van der Waals surface area contributed by atoms with Gasteiger partial charge in [-0.3, -0.25) is 4.79 Å². The van der Waals surface area contributed by atoms with E-state index in [9.17, 15) is 13.2 Å². The summed E-state index contributed by atoms with van der Waals surface area (Å²) >= 11 is 5.93. The molecule has 0 radical (unpaired) electrons. The molecule has 1 N–H and O–H groups in total. The molecule has 154 valence electrons. The summed E-state index contributed by atoms with van der Waals surface area (Å²) in [5, 5.41) is 3.24. The van der Waals surface area contributed by atoms with Gasteiger partial charge in [-0.1, -0.05) is 23.7 Å². The second kappa shape index (κ2) is 9.41. The fourth-order valence-corrected chi connectivity index (χ4v) is 4.64. The second-order valence-corrected chi connectivity index (χ2v) is 8.60. The summed E-state index contributed by atoms with van der Waals surface area (Å²) in [5.41, 5.74) is 1.12. The number of benzene rings is 2. The molecule has 0 unspecified atom stereocenters. The van der Waals surface area contributed by atoms with Crippen molar-refractivity contribution in [2.45, 2.75) is 4.90 Å². The Labute approximate surface area is 174 Å². The normalized spacial score (nSPS) is 15.4. The number of anilines is 1. The van der Waals surface area contributed by atoms with Gasteiger partial charge >= 0.3 is 0 Å². The number of methoxy groups -OCH3 is 1. The number of sulfonamides is 1. The van der Waals surface area contributed by atoms with Crippen LogP contribution < -0.4 is 10.1 Å². The van der Waals surface area contributed by atoms with Crippen LogP contribution in [0.15, 0.2) is 53.4 Å². The highest BCUT2D eigenvalue weighted by Crippen LogP contribution is 2.30. The zero-order valence-corrected chi connectivity index (χ0v) is 17.4. The Bertz CT molecular complexity index is 1020. The van der Waals surface area contributed by atoms with E-state index in [2.05, 4.69) is 5.32 Å². The first-order chi connectivity index (χ1) is 13.9. The fourth-order valence-electron chi connectivity index (χ4n) is 2.85. The van der Waals surface area contributed by atoms with Crippen molar-refractivity contribution in [3.05, 3.63) is 59.1 Å². The highest BCUT2D eigenvalue weighted by atomic mass is 35.5. The average molecular weight is 437 g/mol. The molecule has 7 nitrogen and oxygen atoms in total. The number of nitrogens with zero attached hydrogens (tertiary/aromatic N) is 1. The van der Waals surface area contributed by atoms with Gasteiger partial charge in [0.2, 0.25) is 15.9 Å². The van der Waals surface area contributed by atoms with Crippen LogP contribution in [0, 0.1) is 0 Å². The molecule has 2 aromatic rings. The van der Waals surface area contributed by atoms with Crippen LogP contribution in [0.25, 0.3) is 6.08 Å². The number of nitrogens with one attached hydrogen (secondary N) is 1. The minimum atomic E-state index is -3.78. The SMILES string of the molecule is COc1ccc(NC(=O)/C=C/c2cccc(Cl)c2)cc1S(=O)(=O)N1CCOCC1. The van der Waals surface area contributed by atoms with E-state index in [1.54, 1.807) is 30.3 Å². The summed E-state index contributed by atoms with van der Waals surface area (Å²) in [6.45, 7) is 1.22. The van der Waals surface area contributed by atoms with E-state index < -0.39 is 15.9 Å². The van der Waals surface area contributed by atoms with Crippen LogP contribution in [0.2, 0.25) is 5.02 Å². The summed E-state index contributed by atoms with van der Waals surface area (Å²) in [4.78, 5) is 12.2. The molecule has 0 aromatic heterocycles. The molecule has 3 rings (SSSR count). The van der Waals surface area contributed by atoms with Crippen LogP contribution in [0.5, 0.6) is 5.75 Å². The van der Waals surface area contributed by atoms with Gasteiger partial charge in [-0.05, 0) is 42.0 Å². The predicted molar refractivity (Wildman–Crippen MR) is 112 cm³/mol. The quantitative estimate of drug-likeness (QED) is 0.703. The molecule has 0 aliphatic carbocycles. The Morgan fingerprint density at radius 2 is 1.97 bits per heavy atom. The standard InChI is InChI=1S/C20H21ClN2O5S/c1-27-18-7-6-17(14-19(18)29(25,26)23-9-11-28-12-10-23)22-20(24)8-5-15-3-2-4-16(21)13-15/h2-8,13-14H,9-12H2,1H3,(H,22,24)/b8-5+. The molecule has 1 heterocycles. The average Bonchev–Trinajstić information content (AvgIpc) is 2.73. The summed E-state index contributed by atoms with van der Waals surface area (Å²) in [6, 6.07) is 11.6. The van der Waals surface area contributed by atoms with E-state index in [4.69, 9.17) is 21.1 Å². The molecule has 0 atom stereocenters. The van der Waals surface area contributed by atoms with E-state index in [0.717, 1.165) is 5.56 Å². The highest BCUT2D eigenvalue weighted by Gasteiger charge is 2.29. The van der Waals surface area contributed by atoms with Crippen molar-refractivity contribution in [2.24, 2.45) is 0 Å². The van der Waals surface area contributed by atoms with Crippen molar-refractivity contribution in [1.29, 1.82) is 0 Å². The van der Waals surface area contributed by atoms with Gasteiger partial charge in [0.15, 0.2) is 0 Å². The summed E-state index contributed by atoms with van der Waals surface area (Å²) < 4.78 is 37.8. The van der Waals surface area contributed by atoms with Crippen LogP contribution in [0.4, 0.5) is 5.69 Å². The summed E-state index contributed by atoms with van der Waals surface area (Å²) in [7, 11) is -2.38. The van der Waals surface area contributed by atoms with E-state index in [1.165, 1.54) is 29.6 Å². The van der Waals surface area contributed by atoms with Crippen molar-refractivity contribution in [3.8, 4) is 5.75 Å². The molecule has 2 aromatic carbocycles. The van der Waals surface area contributed by atoms with Crippen LogP contribution in [-0.4, -0.2) is 52.0 Å². The molecule has 0 saturated carbocycles. The van der Waals surface area contributed by atoms with Crippen LogP contribution in [0.1, 0.15) is 5.56 Å². The molecule has 9 heteroatoms. The van der Waals surface area contributed by atoms with Gasteiger partial charge in [0.05, 0.1) is 20.3 Å². The minimum absolute atomic E-state index is 0.00137. The van der Waals surface area contributed by atoms with Gasteiger partial charge in [0, 0.05) is 29.9 Å². The third kappa shape index (κ3) is 5.36. The minimum Gasteiger partial charge on any atom is -0.495 e. The van der Waals surface area contributed by atoms with E-state index in [-0.39, 0.29) is 23.7 Å². The number of amides is 1. The van der Waals surface area contributed by atoms with Gasteiger partial charge < -0.3 is 14.8 Å². The van der Waals surface area contributed by atoms with E-state index >= 15 is 0 Å². The Morgan fingerprint density at radius 3 is 2.66 bits per heavy atom. The number of morpholine rings is 1. The molecule has 1 fully saturated rings. The van der Waals surface area contributed by atoms with Gasteiger partial charge in [-0.15, -0.1) is 0 Å². The molecule has 1 aliphatic rings. The number of carbonyl (C=O) groups is 1. The maximum absolute atomic E-state index is 13.0. The number of hydrogen-bond acceptors (Lipinski definition) is 5. The Balaban J connectivity index is 1.80. The first-order valence-corrected chi connectivity index (χ1v) is 10.7. The molecule has 1 amide bonds. The number of carbonyl (C=O) groups excluding carboxylic acids is 1. The van der Waals surface area contributed by atoms with Crippen LogP contribution in [0.3, 0.4) is 0 Å². The predicted octanol–water partition coefficient (Wildman–Crippen LogP) is 3.02. The van der Waals surface area contributed by atoms with Gasteiger partial charge in [-0.2, -0.15) is 4.31 Å². The van der Waals surface area contributed by atoms with Crippen molar-refractivity contribution in [2.75, 3.05) is 38.7 Å². The monoisotopic (exact) mass is 436 g/mol. The van der Waals surface area contributed by atoms with Crippen molar-refractivity contribution in [3.63, 3.8) is 0 Å². The molecular formula is C20H21ClN2O5S. The van der Waals surface area contributed by atoms with E-state index in [1.807, 2.05) is 6.07 Å². The highest BCUT2D eigenvalue weighted by molar-refractivity contribution is 7.89. The molecular weight excluding hydrogens is 416 g/mol. The second-order valence-electron chi connectivity index (χ2n) is 6.26. The van der Waals surface area contributed by atoms with Crippen molar-refractivity contribution in [1.82, 2.24) is 4.31 Å². The van der Waals surface area contributed by atoms with Crippen LogP contribution >= 0.6 is 11.6 Å². The number of hydrogen-bond donors (Lipinski definition) is 1. The zero-order valence-electron chi connectivity index (χ0n) is 15.8. The lowest BCUT2D eigenvalue weighted by molar-refractivity contribution is -0.111. The third-order valence-corrected chi connectivity index (χ3v) is 6.45. The van der Waals surface area contributed by atoms with Gasteiger partial charge in [0.1, 0.15) is 10.6 Å². The van der Waals surface area contributed by atoms with Crippen molar-refractivity contribution < 1.29 is 22.7 Å². The zero-order chi connectivity index (χ0) is 20.9. The van der Waals surface area contributed by atoms with Crippen molar-refractivity contribution >= 4 is 39.3 Å². The summed E-state index contributed by atoms with van der Waals surface area (Å²) in [6.07, 6.45) is 2.97. The number of rotatable bonds is 6. The topological polar surface area (TPSA) is 84.9 Å². The number of halogens is 1.